The quantitative estimate of drug-likeness (QED) is 0.713. The number of sulfonamides is 1. The molecule has 1 saturated heterocycles. The third-order valence-electron chi connectivity index (χ3n) is 5.51. The number of aryl methyl sites for hydroxylation is 1. The van der Waals surface area contributed by atoms with E-state index in [9.17, 15) is 13.2 Å². The van der Waals surface area contributed by atoms with E-state index in [4.69, 9.17) is 5.73 Å². The lowest BCUT2D eigenvalue weighted by atomic mass is 9.92. The smallest absolute Gasteiger partial charge is 0.251 e. The molecule has 0 spiro atoms. The van der Waals surface area contributed by atoms with Crippen LogP contribution in [0.25, 0.3) is 0 Å². The number of amides is 1. The fraction of sp³-hybridized carbons (Fsp3) is 0.632. The minimum Gasteiger partial charge on any atom is -0.345 e. The Bertz CT molecular complexity index is 734. The van der Waals surface area contributed by atoms with Crippen LogP contribution in [-0.4, -0.2) is 43.8 Å². The molecule has 0 saturated carbocycles. The van der Waals surface area contributed by atoms with E-state index in [1.807, 2.05) is 13.8 Å². The molecule has 6 nitrogen and oxygen atoms in total. The molecule has 0 atom stereocenters. The molecule has 0 aliphatic carbocycles. The SMILES string of the molecule is CCC(CC)(CN)NC(=O)c1ccc(C)c(S(=O)(=O)N2CCCCC2)c1.Cl. The first-order valence-corrected chi connectivity index (χ1v) is 10.9. The van der Waals surface area contributed by atoms with Crippen molar-refractivity contribution in [1.29, 1.82) is 0 Å². The van der Waals surface area contributed by atoms with Crippen molar-refractivity contribution >= 4 is 28.3 Å². The summed E-state index contributed by atoms with van der Waals surface area (Å²) in [6.45, 7) is 7.16. The molecule has 0 radical (unpaired) electrons. The Morgan fingerprint density at radius 3 is 2.30 bits per heavy atom. The maximum atomic E-state index is 13.0. The lowest BCUT2D eigenvalue weighted by Gasteiger charge is -2.31. The van der Waals surface area contributed by atoms with E-state index < -0.39 is 15.6 Å². The molecule has 8 heteroatoms. The van der Waals surface area contributed by atoms with Gasteiger partial charge < -0.3 is 11.1 Å². The van der Waals surface area contributed by atoms with Gasteiger partial charge in [0.15, 0.2) is 0 Å². The first-order valence-electron chi connectivity index (χ1n) is 9.43. The van der Waals surface area contributed by atoms with Crippen molar-refractivity contribution in [3.63, 3.8) is 0 Å². The zero-order chi connectivity index (χ0) is 19.4. The number of hydrogen-bond acceptors (Lipinski definition) is 4. The number of carbonyl (C=O) groups is 1. The zero-order valence-electron chi connectivity index (χ0n) is 16.5. The summed E-state index contributed by atoms with van der Waals surface area (Å²) in [6.07, 6.45) is 4.25. The second-order valence-electron chi connectivity index (χ2n) is 7.09. The summed E-state index contributed by atoms with van der Waals surface area (Å²) < 4.78 is 27.6. The van der Waals surface area contributed by atoms with Crippen molar-refractivity contribution < 1.29 is 13.2 Å². The Morgan fingerprint density at radius 1 is 1.19 bits per heavy atom. The first-order chi connectivity index (χ1) is 12.3. The van der Waals surface area contributed by atoms with Crippen LogP contribution in [0.3, 0.4) is 0 Å². The Labute approximate surface area is 169 Å². The minimum atomic E-state index is -3.58. The number of nitrogens with one attached hydrogen (secondary N) is 1. The van der Waals surface area contributed by atoms with Gasteiger partial charge in [-0.1, -0.05) is 26.3 Å². The maximum absolute atomic E-state index is 13.0. The van der Waals surface area contributed by atoms with Crippen LogP contribution in [0.15, 0.2) is 23.1 Å². The second-order valence-corrected chi connectivity index (χ2v) is 9.00. The van der Waals surface area contributed by atoms with E-state index in [0.29, 0.717) is 30.8 Å². The first kappa shape index (κ1) is 23.9. The molecule has 2 rings (SSSR count). The summed E-state index contributed by atoms with van der Waals surface area (Å²) in [5.41, 5.74) is 6.40. The fourth-order valence-electron chi connectivity index (χ4n) is 3.34. The summed E-state index contributed by atoms with van der Waals surface area (Å²) in [5, 5.41) is 3.00. The number of halogens is 1. The van der Waals surface area contributed by atoms with E-state index in [-0.39, 0.29) is 23.2 Å². The summed E-state index contributed by atoms with van der Waals surface area (Å²) in [5.74, 6) is -0.283. The number of hydrogen-bond donors (Lipinski definition) is 2. The zero-order valence-corrected chi connectivity index (χ0v) is 18.1. The van der Waals surface area contributed by atoms with Crippen LogP contribution in [-0.2, 0) is 10.0 Å². The highest BCUT2D eigenvalue weighted by atomic mass is 35.5. The highest BCUT2D eigenvalue weighted by Gasteiger charge is 2.30. The second kappa shape index (κ2) is 9.87. The van der Waals surface area contributed by atoms with E-state index in [2.05, 4.69) is 5.32 Å². The number of carbonyl (C=O) groups excluding carboxylic acids is 1. The van der Waals surface area contributed by atoms with Crippen LogP contribution < -0.4 is 11.1 Å². The molecule has 1 aliphatic rings. The Kier molecular flexibility index (Phi) is 8.73. The van der Waals surface area contributed by atoms with Crippen LogP contribution in [0.5, 0.6) is 0 Å². The van der Waals surface area contributed by atoms with Crippen molar-refractivity contribution in [2.45, 2.75) is 63.3 Å². The van der Waals surface area contributed by atoms with Gasteiger partial charge in [-0.05, 0) is 50.3 Å². The summed E-state index contributed by atoms with van der Waals surface area (Å²) in [4.78, 5) is 12.9. The Balaban J connectivity index is 0.00000364. The summed E-state index contributed by atoms with van der Waals surface area (Å²) >= 11 is 0. The highest BCUT2D eigenvalue weighted by molar-refractivity contribution is 7.89. The lowest BCUT2D eigenvalue weighted by Crippen LogP contribution is -2.52. The third-order valence-corrected chi connectivity index (χ3v) is 7.55. The van der Waals surface area contributed by atoms with Crippen molar-refractivity contribution in [3.05, 3.63) is 29.3 Å². The number of piperidine rings is 1. The van der Waals surface area contributed by atoms with E-state index in [1.165, 1.54) is 10.4 Å². The molecule has 1 aliphatic heterocycles. The number of benzene rings is 1. The molecule has 154 valence electrons. The average Bonchev–Trinajstić information content (AvgIpc) is 2.67. The van der Waals surface area contributed by atoms with Crippen molar-refractivity contribution in [3.8, 4) is 0 Å². The largest absolute Gasteiger partial charge is 0.345 e. The molecule has 1 heterocycles. The van der Waals surface area contributed by atoms with E-state index >= 15 is 0 Å². The number of nitrogens with two attached hydrogens (primary N) is 1. The van der Waals surface area contributed by atoms with Crippen LogP contribution in [0.4, 0.5) is 0 Å². The molecule has 1 aromatic carbocycles. The molecule has 0 bridgehead atoms. The van der Waals surface area contributed by atoms with Gasteiger partial charge in [-0.2, -0.15) is 4.31 Å². The van der Waals surface area contributed by atoms with Crippen LogP contribution in [0.2, 0.25) is 0 Å². The van der Waals surface area contributed by atoms with Gasteiger partial charge in [-0.15, -0.1) is 12.4 Å². The van der Waals surface area contributed by atoms with Gasteiger partial charge in [0, 0.05) is 25.2 Å². The van der Waals surface area contributed by atoms with Crippen molar-refractivity contribution in [1.82, 2.24) is 9.62 Å². The molecule has 0 unspecified atom stereocenters. The van der Waals surface area contributed by atoms with Crippen LogP contribution in [0, 0.1) is 6.92 Å². The van der Waals surface area contributed by atoms with Crippen molar-refractivity contribution in [2.24, 2.45) is 5.73 Å². The number of nitrogens with zero attached hydrogens (tertiary/aromatic N) is 1. The standard InChI is InChI=1S/C19H31N3O3S.ClH/c1-4-19(5-2,14-20)21-18(23)16-10-9-15(3)17(13-16)26(24,25)22-11-7-6-8-12-22;/h9-10,13H,4-8,11-12,14,20H2,1-3H3,(H,21,23);1H. The monoisotopic (exact) mass is 417 g/mol. The molecule has 3 N–H and O–H groups in total. The summed E-state index contributed by atoms with van der Waals surface area (Å²) in [6, 6.07) is 4.88. The Hall–Kier alpha value is -1.15. The van der Waals surface area contributed by atoms with Gasteiger partial charge in [-0.25, -0.2) is 8.42 Å². The van der Waals surface area contributed by atoms with Gasteiger partial charge >= 0.3 is 0 Å². The van der Waals surface area contributed by atoms with Crippen LogP contribution >= 0.6 is 12.4 Å². The minimum absolute atomic E-state index is 0. The van der Waals surface area contributed by atoms with Gasteiger partial charge in [0.05, 0.1) is 10.4 Å². The van der Waals surface area contributed by atoms with Crippen molar-refractivity contribution in [2.75, 3.05) is 19.6 Å². The topological polar surface area (TPSA) is 92.5 Å². The van der Waals surface area contributed by atoms with E-state index in [1.54, 1.807) is 19.1 Å². The maximum Gasteiger partial charge on any atom is 0.251 e. The molecular formula is C19H32ClN3O3S. The van der Waals surface area contributed by atoms with Crippen LogP contribution in [0.1, 0.15) is 61.9 Å². The molecule has 1 aromatic rings. The Morgan fingerprint density at radius 2 is 1.78 bits per heavy atom. The third kappa shape index (κ3) is 5.22. The molecular weight excluding hydrogens is 386 g/mol. The summed E-state index contributed by atoms with van der Waals surface area (Å²) in [7, 11) is -3.58. The molecule has 1 fully saturated rings. The van der Waals surface area contributed by atoms with Gasteiger partial charge in [0.2, 0.25) is 10.0 Å². The van der Waals surface area contributed by atoms with Gasteiger partial charge in [-0.3, -0.25) is 4.79 Å². The van der Waals surface area contributed by atoms with Gasteiger partial charge in [0.25, 0.3) is 5.91 Å². The normalized spacial score (nSPS) is 15.9. The lowest BCUT2D eigenvalue weighted by molar-refractivity contribution is 0.0895. The predicted molar refractivity (Wildman–Crippen MR) is 111 cm³/mol. The van der Waals surface area contributed by atoms with Gasteiger partial charge in [0.1, 0.15) is 0 Å². The molecule has 1 amide bonds. The number of rotatable bonds is 7. The highest BCUT2D eigenvalue weighted by Crippen LogP contribution is 2.25. The van der Waals surface area contributed by atoms with E-state index in [0.717, 1.165) is 32.1 Å². The fourth-order valence-corrected chi connectivity index (χ4v) is 5.11. The molecule has 27 heavy (non-hydrogen) atoms. The molecule has 0 aromatic heterocycles. The predicted octanol–water partition coefficient (Wildman–Crippen LogP) is 2.84. The average molecular weight is 418 g/mol.